The van der Waals surface area contributed by atoms with Crippen molar-refractivity contribution < 1.29 is 29.0 Å². The van der Waals surface area contributed by atoms with Gasteiger partial charge in [0.15, 0.2) is 0 Å². The van der Waals surface area contributed by atoms with E-state index in [0.29, 0.717) is 0 Å². The molecule has 1 fully saturated rings. The number of aliphatic hydroxyl groups is 1. The fraction of sp³-hybridized carbons (Fsp3) is 0.250. The van der Waals surface area contributed by atoms with Crippen LogP contribution < -0.4 is 0 Å². The van der Waals surface area contributed by atoms with Crippen LogP contribution in [0.4, 0.5) is 4.79 Å². The Morgan fingerprint density at radius 2 is 1.63 bits per heavy atom. The van der Waals surface area contributed by atoms with Crippen LogP contribution in [0.15, 0.2) is 60.7 Å². The molecule has 1 amide bonds. The molecule has 3 rings (SSSR count). The lowest BCUT2D eigenvalue weighted by atomic mass is 10.2. The summed E-state index contributed by atoms with van der Waals surface area (Å²) >= 11 is 0. The van der Waals surface area contributed by atoms with Crippen LogP contribution in [0.25, 0.3) is 0 Å². The second-order valence-electron chi connectivity index (χ2n) is 6.17. The standard InChI is InChI=1S/C20H19NO6/c22-16-11-17(19(24)27-18(23)15-9-5-2-6-10-15)21(12-16)20(25)26-13-14-7-3-1-4-8-14/h1-10,16-17,22H,11-13H2/t16-,17+/m1/s1. The molecule has 0 bridgehead atoms. The summed E-state index contributed by atoms with van der Waals surface area (Å²) in [7, 11) is 0. The quantitative estimate of drug-likeness (QED) is 0.656. The second kappa shape index (κ2) is 8.46. The van der Waals surface area contributed by atoms with Gasteiger partial charge in [0.05, 0.1) is 18.2 Å². The lowest BCUT2D eigenvalue weighted by Crippen LogP contribution is -2.42. The lowest BCUT2D eigenvalue weighted by molar-refractivity contribution is -0.142. The van der Waals surface area contributed by atoms with Gasteiger partial charge in [-0.15, -0.1) is 0 Å². The molecule has 7 heteroatoms. The van der Waals surface area contributed by atoms with Crippen LogP contribution in [0.5, 0.6) is 0 Å². The summed E-state index contributed by atoms with van der Waals surface area (Å²) in [6.45, 7) is -0.0239. The van der Waals surface area contributed by atoms with E-state index in [1.165, 1.54) is 12.1 Å². The van der Waals surface area contributed by atoms with Crippen molar-refractivity contribution in [2.75, 3.05) is 6.54 Å². The molecule has 140 valence electrons. The number of hydrogen-bond acceptors (Lipinski definition) is 6. The number of carbonyl (C=O) groups is 3. The SMILES string of the molecule is O=C(OC(=O)[C@@H]1C[C@@H](O)CN1C(=O)OCc1ccccc1)c1ccccc1. The predicted molar refractivity (Wildman–Crippen MR) is 94.6 cm³/mol. The van der Waals surface area contributed by atoms with E-state index in [1.54, 1.807) is 30.3 Å². The van der Waals surface area contributed by atoms with Crippen molar-refractivity contribution in [2.24, 2.45) is 0 Å². The Morgan fingerprint density at radius 1 is 1.00 bits per heavy atom. The largest absolute Gasteiger partial charge is 0.445 e. The Hall–Kier alpha value is -3.19. The molecule has 1 saturated heterocycles. The van der Waals surface area contributed by atoms with Gasteiger partial charge in [-0.05, 0) is 17.7 Å². The Balaban J connectivity index is 1.61. The molecule has 1 N–H and O–H groups in total. The maximum absolute atomic E-state index is 12.4. The van der Waals surface area contributed by atoms with E-state index in [4.69, 9.17) is 9.47 Å². The van der Waals surface area contributed by atoms with E-state index < -0.39 is 30.2 Å². The molecule has 2 aromatic carbocycles. The number of likely N-dealkylation sites (tertiary alicyclic amines) is 1. The zero-order valence-electron chi connectivity index (χ0n) is 14.5. The molecule has 0 unspecified atom stereocenters. The number of benzene rings is 2. The zero-order chi connectivity index (χ0) is 19.2. The minimum Gasteiger partial charge on any atom is -0.445 e. The third-order valence-corrected chi connectivity index (χ3v) is 4.19. The van der Waals surface area contributed by atoms with E-state index in [0.717, 1.165) is 10.5 Å². The third kappa shape index (κ3) is 4.71. The first-order valence-electron chi connectivity index (χ1n) is 8.51. The van der Waals surface area contributed by atoms with Crippen LogP contribution in [-0.4, -0.2) is 46.7 Å². The van der Waals surface area contributed by atoms with Gasteiger partial charge in [-0.25, -0.2) is 14.4 Å². The fourth-order valence-corrected chi connectivity index (χ4v) is 2.83. The Bertz CT molecular complexity index is 808. The van der Waals surface area contributed by atoms with Crippen molar-refractivity contribution in [2.45, 2.75) is 25.2 Å². The molecule has 0 radical (unpaired) electrons. The molecule has 1 aliphatic heterocycles. The van der Waals surface area contributed by atoms with Crippen LogP contribution >= 0.6 is 0 Å². The van der Waals surface area contributed by atoms with E-state index in [2.05, 4.69) is 0 Å². The summed E-state index contributed by atoms with van der Waals surface area (Å²) in [4.78, 5) is 37.8. The van der Waals surface area contributed by atoms with Gasteiger partial charge in [-0.1, -0.05) is 48.5 Å². The molecular formula is C20H19NO6. The predicted octanol–water partition coefficient (Wildman–Crippen LogP) is 2.14. The molecule has 0 spiro atoms. The first-order chi connectivity index (χ1) is 13.0. The molecule has 0 saturated carbocycles. The Morgan fingerprint density at radius 3 is 2.30 bits per heavy atom. The molecule has 27 heavy (non-hydrogen) atoms. The van der Waals surface area contributed by atoms with Crippen molar-refractivity contribution in [3.63, 3.8) is 0 Å². The smallest absolute Gasteiger partial charge is 0.410 e. The van der Waals surface area contributed by atoms with Crippen molar-refractivity contribution in [3.8, 4) is 0 Å². The van der Waals surface area contributed by atoms with Gasteiger partial charge in [-0.3, -0.25) is 4.90 Å². The first kappa shape index (κ1) is 18.6. The summed E-state index contributed by atoms with van der Waals surface area (Å²) in [5, 5.41) is 9.86. The van der Waals surface area contributed by atoms with Crippen LogP contribution in [0.3, 0.4) is 0 Å². The topological polar surface area (TPSA) is 93.1 Å². The number of carbonyl (C=O) groups excluding carboxylic acids is 3. The number of amides is 1. The fourth-order valence-electron chi connectivity index (χ4n) is 2.83. The van der Waals surface area contributed by atoms with Crippen molar-refractivity contribution in [3.05, 3.63) is 71.8 Å². The average molecular weight is 369 g/mol. The van der Waals surface area contributed by atoms with Crippen LogP contribution in [-0.2, 0) is 20.9 Å². The van der Waals surface area contributed by atoms with E-state index in [1.807, 2.05) is 18.2 Å². The second-order valence-corrected chi connectivity index (χ2v) is 6.17. The summed E-state index contributed by atoms with van der Waals surface area (Å²) in [6, 6.07) is 16.1. The van der Waals surface area contributed by atoms with Crippen molar-refractivity contribution in [1.29, 1.82) is 0 Å². The van der Waals surface area contributed by atoms with Gasteiger partial charge in [0.2, 0.25) is 0 Å². The number of ether oxygens (including phenoxy) is 2. The number of esters is 2. The number of β-amino-alcohol motifs (C(OH)–C–C–N with tert-alkyl or cyclic N) is 1. The van der Waals surface area contributed by atoms with Crippen molar-refractivity contribution in [1.82, 2.24) is 4.90 Å². The Kier molecular flexibility index (Phi) is 5.83. The van der Waals surface area contributed by atoms with Crippen molar-refractivity contribution >= 4 is 18.0 Å². The molecular weight excluding hydrogens is 350 g/mol. The number of rotatable bonds is 4. The highest BCUT2D eigenvalue weighted by atomic mass is 16.6. The monoisotopic (exact) mass is 369 g/mol. The highest BCUT2D eigenvalue weighted by Gasteiger charge is 2.41. The maximum atomic E-state index is 12.4. The summed E-state index contributed by atoms with van der Waals surface area (Å²) in [6.07, 6.45) is -1.65. The Labute approximate surface area is 156 Å². The number of nitrogens with zero attached hydrogens (tertiary/aromatic N) is 1. The zero-order valence-corrected chi connectivity index (χ0v) is 14.5. The summed E-state index contributed by atoms with van der Waals surface area (Å²) in [5.41, 5.74) is 1.02. The summed E-state index contributed by atoms with van der Waals surface area (Å²) < 4.78 is 10.1. The van der Waals surface area contributed by atoms with Gasteiger partial charge < -0.3 is 14.6 Å². The van der Waals surface area contributed by atoms with Gasteiger partial charge in [-0.2, -0.15) is 0 Å². The van der Waals surface area contributed by atoms with Gasteiger partial charge in [0, 0.05) is 6.42 Å². The first-order valence-corrected chi connectivity index (χ1v) is 8.51. The molecule has 0 aromatic heterocycles. The average Bonchev–Trinajstić information content (AvgIpc) is 3.09. The van der Waals surface area contributed by atoms with Crippen LogP contribution in [0.2, 0.25) is 0 Å². The van der Waals surface area contributed by atoms with Crippen LogP contribution in [0.1, 0.15) is 22.3 Å². The lowest BCUT2D eigenvalue weighted by Gasteiger charge is -2.22. The molecule has 7 nitrogen and oxygen atoms in total. The number of hydrogen-bond donors (Lipinski definition) is 1. The minimum absolute atomic E-state index is 0.0126. The van der Waals surface area contributed by atoms with Gasteiger partial charge in [0.25, 0.3) is 0 Å². The molecule has 2 atom stereocenters. The number of aliphatic hydroxyl groups excluding tert-OH is 1. The normalized spacial score (nSPS) is 18.8. The highest BCUT2D eigenvalue weighted by molar-refractivity contribution is 5.98. The minimum atomic E-state index is -1.07. The van der Waals surface area contributed by atoms with E-state index in [9.17, 15) is 19.5 Å². The highest BCUT2D eigenvalue weighted by Crippen LogP contribution is 2.21. The van der Waals surface area contributed by atoms with E-state index in [-0.39, 0.29) is 25.1 Å². The van der Waals surface area contributed by atoms with Crippen LogP contribution in [0, 0.1) is 0 Å². The molecule has 1 aliphatic rings. The van der Waals surface area contributed by atoms with Gasteiger partial charge in [0.1, 0.15) is 12.6 Å². The summed E-state index contributed by atoms with van der Waals surface area (Å²) in [5.74, 6) is -1.70. The third-order valence-electron chi connectivity index (χ3n) is 4.19. The molecule has 1 heterocycles. The van der Waals surface area contributed by atoms with E-state index >= 15 is 0 Å². The molecule has 0 aliphatic carbocycles. The molecule has 2 aromatic rings. The maximum Gasteiger partial charge on any atom is 0.410 e. The van der Waals surface area contributed by atoms with Gasteiger partial charge >= 0.3 is 18.0 Å².